The van der Waals surface area contributed by atoms with Crippen molar-refractivity contribution in [3.05, 3.63) is 29.8 Å². The summed E-state index contributed by atoms with van der Waals surface area (Å²) in [7, 11) is 0. The molecule has 0 bridgehead atoms. The normalized spacial score (nSPS) is 22.8. The Labute approximate surface area is 144 Å². The van der Waals surface area contributed by atoms with E-state index in [0.717, 1.165) is 38.2 Å². The summed E-state index contributed by atoms with van der Waals surface area (Å²) in [5.41, 5.74) is 1.84. The Morgan fingerprint density at radius 2 is 1.83 bits per heavy atom. The standard InChI is InChI=1S/C20H28N2O2/c23-19(22-11-3-4-12-22)15-24-18-7-2-1-6-17(18)14-21-13-10-20(16-21)8-5-9-20/h1-2,6-7H,3-5,8-16H2. The van der Waals surface area contributed by atoms with E-state index in [1.54, 1.807) is 0 Å². The molecule has 4 nitrogen and oxygen atoms in total. The van der Waals surface area contributed by atoms with Crippen LogP contribution in [0.3, 0.4) is 0 Å². The molecule has 3 fully saturated rings. The number of para-hydroxylation sites is 1. The van der Waals surface area contributed by atoms with Crippen LogP contribution in [0.25, 0.3) is 0 Å². The van der Waals surface area contributed by atoms with E-state index < -0.39 is 0 Å². The van der Waals surface area contributed by atoms with Gasteiger partial charge in [0, 0.05) is 31.7 Å². The van der Waals surface area contributed by atoms with E-state index in [4.69, 9.17) is 4.74 Å². The van der Waals surface area contributed by atoms with Crippen molar-refractivity contribution in [2.45, 2.75) is 45.1 Å². The van der Waals surface area contributed by atoms with Crippen LogP contribution in [0.4, 0.5) is 0 Å². The van der Waals surface area contributed by atoms with Crippen LogP contribution >= 0.6 is 0 Å². The summed E-state index contributed by atoms with van der Waals surface area (Å²) in [5, 5.41) is 0. The van der Waals surface area contributed by atoms with Gasteiger partial charge >= 0.3 is 0 Å². The van der Waals surface area contributed by atoms with Crippen LogP contribution in [0.2, 0.25) is 0 Å². The molecule has 24 heavy (non-hydrogen) atoms. The van der Waals surface area contributed by atoms with Gasteiger partial charge in [-0.2, -0.15) is 0 Å². The number of hydrogen-bond donors (Lipinski definition) is 0. The molecule has 2 aliphatic heterocycles. The van der Waals surface area contributed by atoms with Crippen molar-refractivity contribution in [1.82, 2.24) is 9.80 Å². The molecule has 0 radical (unpaired) electrons. The van der Waals surface area contributed by atoms with Gasteiger partial charge in [-0.05, 0) is 50.1 Å². The molecule has 0 N–H and O–H groups in total. The van der Waals surface area contributed by atoms with E-state index in [2.05, 4.69) is 17.0 Å². The molecule has 0 unspecified atom stereocenters. The lowest BCUT2D eigenvalue weighted by atomic mass is 9.68. The molecule has 0 atom stereocenters. The Morgan fingerprint density at radius 3 is 2.54 bits per heavy atom. The summed E-state index contributed by atoms with van der Waals surface area (Å²) < 4.78 is 5.90. The second-order valence-electron chi connectivity index (χ2n) is 7.80. The lowest BCUT2D eigenvalue weighted by Gasteiger charge is -2.38. The third kappa shape index (κ3) is 3.30. The zero-order chi connectivity index (χ0) is 16.4. The number of ether oxygens (including phenoxy) is 1. The molecule has 1 aromatic rings. The molecule has 1 aromatic carbocycles. The van der Waals surface area contributed by atoms with Crippen LogP contribution < -0.4 is 4.74 Å². The van der Waals surface area contributed by atoms with Gasteiger partial charge in [-0.3, -0.25) is 9.69 Å². The van der Waals surface area contributed by atoms with Crippen LogP contribution in [-0.2, 0) is 11.3 Å². The zero-order valence-corrected chi connectivity index (χ0v) is 14.5. The lowest BCUT2D eigenvalue weighted by molar-refractivity contribution is -0.132. The molecule has 1 amide bonds. The fourth-order valence-corrected chi connectivity index (χ4v) is 4.46. The van der Waals surface area contributed by atoms with Gasteiger partial charge in [0.2, 0.25) is 0 Å². The van der Waals surface area contributed by atoms with E-state index in [1.165, 1.54) is 44.3 Å². The maximum absolute atomic E-state index is 12.2. The highest BCUT2D eigenvalue weighted by molar-refractivity contribution is 5.78. The van der Waals surface area contributed by atoms with Gasteiger partial charge in [0.1, 0.15) is 5.75 Å². The molecule has 4 rings (SSSR count). The molecule has 1 spiro atoms. The van der Waals surface area contributed by atoms with E-state index >= 15 is 0 Å². The van der Waals surface area contributed by atoms with Crippen molar-refractivity contribution in [3.8, 4) is 5.75 Å². The number of carbonyl (C=O) groups excluding carboxylic acids is 1. The Kier molecular flexibility index (Phi) is 4.49. The summed E-state index contributed by atoms with van der Waals surface area (Å²) >= 11 is 0. The van der Waals surface area contributed by atoms with Gasteiger partial charge in [0.05, 0.1) is 0 Å². The quantitative estimate of drug-likeness (QED) is 0.833. The Balaban J connectivity index is 1.35. The molecular weight excluding hydrogens is 300 g/mol. The Morgan fingerprint density at radius 1 is 1.04 bits per heavy atom. The minimum atomic E-state index is 0.122. The summed E-state index contributed by atoms with van der Waals surface area (Å²) in [5.74, 6) is 0.997. The van der Waals surface area contributed by atoms with Crippen LogP contribution in [-0.4, -0.2) is 48.5 Å². The van der Waals surface area contributed by atoms with Gasteiger partial charge in [-0.15, -0.1) is 0 Å². The van der Waals surface area contributed by atoms with E-state index in [0.29, 0.717) is 5.41 Å². The predicted octanol–water partition coefficient (Wildman–Crippen LogP) is 3.06. The fourth-order valence-electron chi connectivity index (χ4n) is 4.46. The van der Waals surface area contributed by atoms with Crippen molar-refractivity contribution in [3.63, 3.8) is 0 Å². The average Bonchev–Trinajstić information content (AvgIpc) is 3.23. The van der Waals surface area contributed by atoms with Crippen LogP contribution in [0.1, 0.15) is 44.1 Å². The van der Waals surface area contributed by atoms with Crippen LogP contribution in [0, 0.1) is 5.41 Å². The number of rotatable bonds is 5. The molecule has 0 aromatic heterocycles. The van der Waals surface area contributed by atoms with Crippen molar-refractivity contribution >= 4 is 5.91 Å². The smallest absolute Gasteiger partial charge is 0.260 e. The zero-order valence-electron chi connectivity index (χ0n) is 14.5. The number of carbonyl (C=O) groups is 1. The first-order valence-electron chi connectivity index (χ1n) is 9.45. The van der Waals surface area contributed by atoms with E-state index in [1.807, 2.05) is 17.0 Å². The average molecular weight is 328 g/mol. The molecule has 2 saturated heterocycles. The highest BCUT2D eigenvalue weighted by Crippen LogP contribution is 2.48. The molecule has 2 heterocycles. The van der Waals surface area contributed by atoms with Gasteiger partial charge in [0.15, 0.2) is 6.61 Å². The third-order valence-corrected chi connectivity index (χ3v) is 6.11. The first-order chi connectivity index (χ1) is 11.7. The highest BCUT2D eigenvalue weighted by Gasteiger charge is 2.42. The lowest BCUT2D eigenvalue weighted by Crippen LogP contribution is -2.33. The topological polar surface area (TPSA) is 32.8 Å². The van der Waals surface area contributed by atoms with Crippen LogP contribution in [0.15, 0.2) is 24.3 Å². The highest BCUT2D eigenvalue weighted by atomic mass is 16.5. The summed E-state index contributed by atoms with van der Waals surface area (Å²) in [4.78, 5) is 16.7. The van der Waals surface area contributed by atoms with E-state index in [9.17, 15) is 4.79 Å². The summed E-state index contributed by atoms with van der Waals surface area (Å²) in [6, 6.07) is 8.21. The van der Waals surface area contributed by atoms with Gasteiger partial charge in [-0.25, -0.2) is 0 Å². The maximum atomic E-state index is 12.2. The molecule has 1 saturated carbocycles. The minimum absolute atomic E-state index is 0.122. The Hall–Kier alpha value is -1.55. The minimum Gasteiger partial charge on any atom is -0.483 e. The number of amides is 1. The number of likely N-dealkylation sites (tertiary alicyclic amines) is 2. The second kappa shape index (κ2) is 6.75. The Bertz CT molecular complexity index is 591. The maximum Gasteiger partial charge on any atom is 0.260 e. The van der Waals surface area contributed by atoms with E-state index in [-0.39, 0.29) is 12.5 Å². The van der Waals surface area contributed by atoms with Gasteiger partial charge < -0.3 is 9.64 Å². The second-order valence-corrected chi connectivity index (χ2v) is 7.80. The third-order valence-electron chi connectivity index (χ3n) is 6.11. The first kappa shape index (κ1) is 15.9. The predicted molar refractivity (Wildman–Crippen MR) is 93.9 cm³/mol. The first-order valence-corrected chi connectivity index (χ1v) is 9.45. The van der Waals surface area contributed by atoms with Crippen molar-refractivity contribution < 1.29 is 9.53 Å². The largest absolute Gasteiger partial charge is 0.483 e. The summed E-state index contributed by atoms with van der Waals surface area (Å²) in [6.07, 6.45) is 7.83. The molecule has 1 aliphatic carbocycles. The fraction of sp³-hybridized carbons (Fsp3) is 0.650. The van der Waals surface area contributed by atoms with Gasteiger partial charge in [0.25, 0.3) is 5.91 Å². The molecular formula is C20H28N2O2. The van der Waals surface area contributed by atoms with Crippen molar-refractivity contribution in [1.29, 1.82) is 0 Å². The monoisotopic (exact) mass is 328 g/mol. The summed E-state index contributed by atoms with van der Waals surface area (Å²) in [6.45, 7) is 5.31. The van der Waals surface area contributed by atoms with Gasteiger partial charge in [-0.1, -0.05) is 24.6 Å². The molecule has 130 valence electrons. The molecule has 3 aliphatic rings. The van der Waals surface area contributed by atoms with Crippen molar-refractivity contribution in [2.75, 3.05) is 32.8 Å². The van der Waals surface area contributed by atoms with Crippen molar-refractivity contribution in [2.24, 2.45) is 5.41 Å². The van der Waals surface area contributed by atoms with Crippen LogP contribution in [0.5, 0.6) is 5.75 Å². The SMILES string of the molecule is O=C(COc1ccccc1CN1CCC2(CCC2)C1)N1CCCC1. The number of nitrogens with zero attached hydrogens (tertiary/aromatic N) is 2. The number of hydrogen-bond acceptors (Lipinski definition) is 3. The number of benzene rings is 1. The molecule has 4 heteroatoms.